The van der Waals surface area contributed by atoms with E-state index in [9.17, 15) is 28.4 Å². The standard InChI is InChI=1S/C33H49N5O7S/c1-10-11-16-35-46(42,43)26-14-12-25(13-15-26)36-37-28-24(6)27(21-34)29(39)38(30(28)40)17-18-44-19-20-45-31(41)33(9,23(4)5)32(7,8)22(2)3/h12-15,22-23,35,39H,10-11,16-20H2,1-9H3/t33-/m1/s1. The van der Waals surface area contributed by atoms with Crippen LogP contribution in [0, 0.1) is 40.9 Å². The maximum atomic E-state index is 13.3. The molecule has 2 N–H and O–H groups in total. The summed E-state index contributed by atoms with van der Waals surface area (Å²) < 4.78 is 39.6. The molecule has 0 aliphatic heterocycles. The van der Waals surface area contributed by atoms with Crippen molar-refractivity contribution >= 4 is 27.4 Å². The molecule has 0 amide bonds. The highest BCUT2D eigenvalue weighted by Crippen LogP contribution is 2.50. The van der Waals surface area contributed by atoms with Gasteiger partial charge in [-0.2, -0.15) is 10.4 Å². The van der Waals surface area contributed by atoms with Crippen molar-refractivity contribution in [1.29, 1.82) is 5.26 Å². The lowest BCUT2D eigenvalue weighted by molar-refractivity contribution is -0.171. The molecule has 13 heteroatoms. The van der Waals surface area contributed by atoms with Crippen LogP contribution in [0.25, 0.3) is 0 Å². The van der Waals surface area contributed by atoms with Gasteiger partial charge < -0.3 is 14.6 Å². The first-order valence-corrected chi connectivity index (χ1v) is 17.1. The lowest BCUT2D eigenvalue weighted by Gasteiger charge is -2.47. The van der Waals surface area contributed by atoms with Crippen LogP contribution in [0.5, 0.6) is 5.88 Å². The number of esters is 1. The first-order valence-electron chi connectivity index (χ1n) is 15.6. The highest BCUT2D eigenvalue weighted by Gasteiger charge is 2.51. The average molecular weight is 660 g/mol. The van der Waals surface area contributed by atoms with E-state index in [-0.39, 0.29) is 77.0 Å². The first kappa shape index (κ1) is 38.6. The molecule has 2 rings (SSSR count). The number of nitrogens with zero attached hydrogens (tertiary/aromatic N) is 4. The third-order valence-electron chi connectivity index (χ3n) is 9.28. The van der Waals surface area contributed by atoms with Crippen LogP contribution in [-0.4, -0.2) is 50.4 Å². The Kier molecular flexibility index (Phi) is 13.7. The summed E-state index contributed by atoms with van der Waals surface area (Å²) in [6, 6.07) is 7.56. The predicted octanol–water partition coefficient (Wildman–Crippen LogP) is 6.13. The van der Waals surface area contributed by atoms with Crippen LogP contribution in [0.1, 0.15) is 79.4 Å². The van der Waals surface area contributed by atoms with Gasteiger partial charge in [0.1, 0.15) is 18.2 Å². The van der Waals surface area contributed by atoms with Gasteiger partial charge in [0.05, 0.1) is 35.8 Å². The molecule has 0 saturated heterocycles. The number of hydrogen-bond acceptors (Lipinski definition) is 10. The lowest BCUT2D eigenvalue weighted by atomic mass is 9.56. The molecule has 0 aliphatic carbocycles. The van der Waals surface area contributed by atoms with E-state index in [4.69, 9.17) is 9.47 Å². The van der Waals surface area contributed by atoms with E-state index in [0.29, 0.717) is 6.54 Å². The number of nitrogens with one attached hydrogen (secondary N) is 1. The van der Waals surface area contributed by atoms with Gasteiger partial charge in [0.25, 0.3) is 5.56 Å². The van der Waals surface area contributed by atoms with Crippen LogP contribution in [0.3, 0.4) is 0 Å². The van der Waals surface area contributed by atoms with Crippen molar-refractivity contribution in [3.63, 3.8) is 0 Å². The van der Waals surface area contributed by atoms with Gasteiger partial charge in [-0.25, -0.2) is 13.1 Å². The zero-order chi connectivity index (χ0) is 34.9. The fourth-order valence-corrected chi connectivity index (χ4v) is 6.05. The van der Waals surface area contributed by atoms with Gasteiger partial charge >= 0.3 is 5.97 Å². The maximum absolute atomic E-state index is 13.3. The average Bonchev–Trinajstić information content (AvgIpc) is 2.99. The highest BCUT2D eigenvalue weighted by molar-refractivity contribution is 7.89. The topological polar surface area (TPSA) is 172 Å². The molecule has 0 spiro atoms. The minimum atomic E-state index is -3.66. The van der Waals surface area contributed by atoms with E-state index in [2.05, 4.69) is 42.6 Å². The molecule has 0 aliphatic rings. The Hall–Kier alpha value is -3.60. The lowest BCUT2D eigenvalue weighted by Crippen LogP contribution is -2.49. The highest BCUT2D eigenvalue weighted by atomic mass is 32.2. The third kappa shape index (κ3) is 8.60. The maximum Gasteiger partial charge on any atom is 0.312 e. The van der Waals surface area contributed by atoms with E-state index >= 15 is 0 Å². The monoisotopic (exact) mass is 659 g/mol. The second kappa shape index (κ2) is 16.3. The van der Waals surface area contributed by atoms with Crippen LogP contribution in [0.15, 0.2) is 44.2 Å². The van der Waals surface area contributed by atoms with Gasteiger partial charge in [-0.3, -0.25) is 14.2 Å². The quantitative estimate of drug-likeness (QED) is 0.116. The zero-order valence-corrected chi connectivity index (χ0v) is 29.3. The normalized spacial score (nSPS) is 13.7. The molecular formula is C33H49N5O7S. The Morgan fingerprint density at radius 1 is 1.07 bits per heavy atom. The molecule has 46 heavy (non-hydrogen) atoms. The molecule has 1 atom stereocenters. The van der Waals surface area contributed by atoms with Crippen LogP contribution < -0.4 is 10.3 Å². The molecule has 0 unspecified atom stereocenters. The van der Waals surface area contributed by atoms with Crippen molar-refractivity contribution in [3.8, 4) is 11.9 Å². The fraction of sp³-hybridized carbons (Fsp3) is 0.606. The second-order valence-corrected chi connectivity index (χ2v) is 14.4. The molecule has 0 radical (unpaired) electrons. The molecule has 12 nitrogen and oxygen atoms in total. The van der Waals surface area contributed by atoms with Crippen LogP contribution in [0.2, 0.25) is 0 Å². The SMILES string of the molecule is CCCCNS(=O)(=O)c1ccc(N=Nc2c(C)c(C#N)c(O)n(CCOCCOC(=O)[C@@](C)(C(C)C)C(C)(C)C(C)C)c2=O)cc1. The number of unbranched alkanes of at least 4 members (excludes halogenated alkanes) is 1. The largest absolute Gasteiger partial charge is 0.493 e. The van der Waals surface area contributed by atoms with Crippen molar-refractivity contribution in [2.45, 2.75) is 86.6 Å². The molecule has 0 fully saturated rings. The van der Waals surface area contributed by atoms with Gasteiger partial charge in [0, 0.05) is 12.1 Å². The number of carbonyl (C=O) groups is 1. The number of sulfonamides is 1. The number of aromatic hydroxyl groups is 1. The Labute approximate surface area is 272 Å². The summed E-state index contributed by atoms with van der Waals surface area (Å²) in [4.78, 5) is 26.5. The van der Waals surface area contributed by atoms with Crippen molar-refractivity contribution in [3.05, 3.63) is 45.7 Å². The van der Waals surface area contributed by atoms with Gasteiger partial charge in [-0.1, -0.05) is 54.9 Å². The summed E-state index contributed by atoms with van der Waals surface area (Å²) in [7, 11) is -3.66. The number of carbonyl (C=O) groups excluding carboxylic acids is 1. The van der Waals surface area contributed by atoms with Crippen LogP contribution in [0.4, 0.5) is 11.4 Å². The van der Waals surface area contributed by atoms with Crippen LogP contribution in [-0.2, 0) is 30.8 Å². The number of rotatable bonds is 17. The molecule has 1 aromatic carbocycles. The van der Waals surface area contributed by atoms with Crippen molar-refractivity contribution in [2.75, 3.05) is 26.4 Å². The molecule has 1 heterocycles. The number of ether oxygens (including phenoxy) is 2. The van der Waals surface area contributed by atoms with E-state index < -0.39 is 26.9 Å². The minimum Gasteiger partial charge on any atom is -0.493 e. The summed E-state index contributed by atoms with van der Waals surface area (Å²) in [6.45, 7) is 18.0. The zero-order valence-electron chi connectivity index (χ0n) is 28.5. The molecule has 0 bridgehead atoms. The van der Waals surface area contributed by atoms with Gasteiger partial charge in [0.2, 0.25) is 15.9 Å². The molecule has 254 valence electrons. The smallest absolute Gasteiger partial charge is 0.312 e. The number of aromatic nitrogens is 1. The third-order valence-corrected chi connectivity index (χ3v) is 10.8. The fourth-order valence-electron chi connectivity index (χ4n) is 4.97. The number of nitriles is 1. The van der Waals surface area contributed by atoms with Gasteiger partial charge in [0.15, 0.2) is 5.69 Å². The van der Waals surface area contributed by atoms with Crippen LogP contribution >= 0.6 is 0 Å². The van der Waals surface area contributed by atoms with Crippen molar-refractivity contribution < 1.29 is 27.8 Å². The van der Waals surface area contributed by atoms with E-state index in [1.165, 1.54) is 31.2 Å². The predicted molar refractivity (Wildman–Crippen MR) is 176 cm³/mol. The Morgan fingerprint density at radius 3 is 2.24 bits per heavy atom. The Morgan fingerprint density at radius 2 is 1.70 bits per heavy atom. The van der Waals surface area contributed by atoms with E-state index in [0.717, 1.165) is 17.4 Å². The Bertz CT molecular complexity index is 1590. The molecule has 0 saturated carbocycles. The number of benzene rings is 1. The summed E-state index contributed by atoms with van der Waals surface area (Å²) in [5, 5.41) is 28.4. The van der Waals surface area contributed by atoms with Gasteiger partial charge in [-0.15, -0.1) is 5.11 Å². The Balaban J connectivity index is 2.13. The van der Waals surface area contributed by atoms with E-state index in [1.807, 2.05) is 33.8 Å². The van der Waals surface area contributed by atoms with Crippen molar-refractivity contribution in [2.24, 2.45) is 32.9 Å². The summed E-state index contributed by atoms with van der Waals surface area (Å²) >= 11 is 0. The molecule has 1 aromatic heterocycles. The molecular weight excluding hydrogens is 610 g/mol. The number of hydrogen-bond donors (Lipinski definition) is 2. The summed E-state index contributed by atoms with van der Waals surface area (Å²) in [6.07, 6.45) is 1.57. The minimum absolute atomic E-state index is 0.0158. The van der Waals surface area contributed by atoms with E-state index in [1.54, 1.807) is 0 Å². The molecule has 2 aromatic rings. The van der Waals surface area contributed by atoms with Gasteiger partial charge in [-0.05, 0) is 61.8 Å². The first-order chi connectivity index (χ1) is 21.5. The second-order valence-electron chi connectivity index (χ2n) is 12.7. The number of azo groups is 1. The summed E-state index contributed by atoms with van der Waals surface area (Å²) in [5.74, 6) is -0.532. The summed E-state index contributed by atoms with van der Waals surface area (Å²) in [5.41, 5.74) is -1.57. The number of pyridine rings is 1. The van der Waals surface area contributed by atoms with Crippen molar-refractivity contribution in [1.82, 2.24) is 9.29 Å².